The third-order valence-electron chi connectivity index (χ3n) is 0.799. The van der Waals surface area contributed by atoms with Crippen molar-refractivity contribution in [2.75, 3.05) is 0 Å². The van der Waals surface area contributed by atoms with Gasteiger partial charge in [0.05, 0.1) is 0 Å². The zero-order valence-electron chi connectivity index (χ0n) is 5.11. The smallest absolute Gasteiger partial charge is 0.120 e. The van der Waals surface area contributed by atoms with E-state index in [1.54, 1.807) is 5.94 Å². The average molecular weight is 110 g/mol. The van der Waals surface area contributed by atoms with Crippen LogP contribution in [0.3, 0.4) is 0 Å². The third kappa shape index (κ3) is 5.19. The van der Waals surface area contributed by atoms with Crippen molar-refractivity contribution < 1.29 is 4.79 Å². The molecule has 0 unspecified atom stereocenters. The summed E-state index contributed by atoms with van der Waals surface area (Å²) in [4.78, 5) is 9.58. The summed E-state index contributed by atoms with van der Waals surface area (Å²) in [5, 5.41) is 0. The molecule has 0 radical (unpaired) electrons. The van der Waals surface area contributed by atoms with Crippen LogP contribution in [0.2, 0.25) is 0 Å². The summed E-state index contributed by atoms with van der Waals surface area (Å²) in [6.45, 7) is 5.62. The lowest BCUT2D eigenvalue weighted by Crippen LogP contribution is -1.70. The second kappa shape index (κ2) is 4.35. The van der Waals surface area contributed by atoms with Crippen LogP contribution in [0, 0.1) is 0 Å². The van der Waals surface area contributed by atoms with Crippen molar-refractivity contribution >= 4 is 5.94 Å². The maximum absolute atomic E-state index is 9.58. The molecule has 0 aromatic rings. The monoisotopic (exact) mass is 110 g/mol. The van der Waals surface area contributed by atoms with Crippen LogP contribution in [0.5, 0.6) is 0 Å². The van der Waals surface area contributed by atoms with Crippen LogP contribution in [-0.4, -0.2) is 5.94 Å². The molecule has 1 heteroatoms. The Morgan fingerprint density at radius 2 is 2.50 bits per heavy atom. The fraction of sp³-hybridized carbons (Fsp3) is 0.429. The van der Waals surface area contributed by atoms with E-state index < -0.39 is 0 Å². The van der Waals surface area contributed by atoms with Gasteiger partial charge in [0, 0.05) is 6.08 Å². The van der Waals surface area contributed by atoms with Crippen LogP contribution < -0.4 is 0 Å². The molecule has 0 aromatic carbocycles. The molecule has 1 nitrogen and oxygen atoms in total. The van der Waals surface area contributed by atoms with Gasteiger partial charge in [-0.25, -0.2) is 4.79 Å². The van der Waals surface area contributed by atoms with Gasteiger partial charge in [0.1, 0.15) is 5.94 Å². The Morgan fingerprint density at radius 1 is 1.88 bits per heavy atom. The summed E-state index contributed by atoms with van der Waals surface area (Å²) < 4.78 is 0. The highest BCUT2D eigenvalue weighted by Crippen LogP contribution is 1.98. The molecule has 8 heavy (non-hydrogen) atoms. The zero-order chi connectivity index (χ0) is 6.41. The third-order valence-corrected chi connectivity index (χ3v) is 0.799. The van der Waals surface area contributed by atoms with E-state index in [-0.39, 0.29) is 0 Å². The number of hydrogen-bond acceptors (Lipinski definition) is 1. The first kappa shape index (κ1) is 7.19. The van der Waals surface area contributed by atoms with Crippen molar-refractivity contribution in [2.24, 2.45) is 0 Å². The van der Waals surface area contributed by atoms with Crippen LogP contribution in [-0.2, 0) is 4.79 Å². The van der Waals surface area contributed by atoms with Crippen molar-refractivity contribution in [2.45, 2.75) is 19.8 Å². The van der Waals surface area contributed by atoms with Crippen molar-refractivity contribution in [1.29, 1.82) is 0 Å². The minimum absolute atomic E-state index is 0.777. The fourth-order valence-electron chi connectivity index (χ4n) is 0.377. The van der Waals surface area contributed by atoms with Gasteiger partial charge in [-0.15, -0.1) is 6.58 Å². The van der Waals surface area contributed by atoms with Gasteiger partial charge in [-0.1, -0.05) is 5.57 Å². The molecule has 0 aliphatic carbocycles. The minimum Gasteiger partial charge on any atom is -0.234 e. The number of hydrogen-bond donors (Lipinski definition) is 0. The standard InChI is InChI=1S/C7H10O/c1-7(2)5-3-4-6-8/h4H,1,3,5H2,2H3. The molecule has 0 bridgehead atoms. The molecule has 44 valence electrons. The molecule has 0 aliphatic rings. The lowest BCUT2D eigenvalue weighted by atomic mass is 10.2. The highest BCUT2D eigenvalue weighted by atomic mass is 16.1. The highest BCUT2D eigenvalue weighted by molar-refractivity contribution is 5.44. The van der Waals surface area contributed by atoms with E-state index >= 15 is 0 Å². The Balaban J connectivity index is 3.18. The molecule has 0 spiro atoms. The maximum atomic E-state index is 9.58. The first-order chi connectivity index (χ1) is 3.77. The van der Waals surface area contributed by atoms with Crippen LogP contribution in [0.4, 0.5) is 0 Å². The van der Waals surface area contributed by atoms with E-state index in [2.05, 4.69) is 6.58 Å². The molecule has 0 rings (SSSR count). The molecule has 0 saturated carbocycles. The molecular formula is C7H10O. The molecule has 0 atom stereocenters. The Morgan fingerprint density at radius 3 is 2.88 bits per heavy atom. The van der Waals surface area contributed by atoms with Gasteiger partial charge >= 0.3 is 0 Å². The van der Waals surface area contributed by atoms with E-state index in [9.17, 15) is 4.79 Å². The Kier molecular flexibility index (Phi) is 3.91. The van der Waals surface area contributed by atoms with Crippen molar-refractivity contribution in [1.82, 2.24) is 0 Å². The Bertz CT molecular complexity index is 116. The summed E-state index contributed by atoms with van der Waals surface area (Å²) in [6, 6.07) is 0. The first-order valence-electron chi connectivity index (χ1n) is 2.61. The second-order valence-corrected chi connectivity index (χ2v) is 1.82. The molecule has 0 heterocycles. The Labute approximate surface area is 49.7 Å². The molecule has 0 aromatic heterocycles. The molecule has 0 fully saturated rings. The second-order valence-electron chi connectivity index (χ2n) is 1.82. The highest BCUT2D eigenvalue weighted by Gasteiger charge is 1.80. The lowest BCUT2D eigenvalue weighted by molar-refractivity contribution is 0.568. The van der Waals surface area contributed by atoms with E-state index in [0.29, 0.717) is 0 Å². The minimum atomic E-state index is 0.777. The maximum Gasteiger partial charge on any atom is 0.120 e. The summed E-state index contributed by atoms with van der Waals surface area (Å²) >= 11 is 0. The van der Waals surface area contributed by atoms with E-state index in [0.717, 1.165) is 18.4 Å². The van der Waals surface area contributed by atoms with Crippen LogP contribution in [0.1, 0.15) is 19.8 Å². The molecule has 0 saturated heterocycles. The summed E-state index contributed by atoms with van der Waals surface area (Å²) in [5.74, 6) is 1.71. The zero-order valence-corrected chi connectivity index (χ0v) is 5.11. The predicted octanol–water partition coefficient (Wildman–Crippen LogP) is 1.73. The quantitative estimate of drug-likeness (QED) is 0.399. The van der Waals surface area contributed by atoms with E-state index in [4.69, 9.17) is 0 Å². The lowest BCUT2D eigenvalue weighted by Gasteiger charge is -1.88. The molecule has 0 N–H and O–H groups in total. The topological polar surface area (TPSA) is 17.1 Å². The Hall–Kier alpha value is -0.810. The van der Waals surface area contributed by atoms with Crippen LogP contribution in [0.15, 0.2) is 18.2 Å². The van der Waals surface area contributed by atoms with E-state index in [1.807, 2.05) is 6.92 Å². The fourth-order valence-corrected chi connectivity index (χ4v) is 0.377. The van der Waals surface area contributed by atoms with Crippen molar-refractivity contribution in [3.63, 3.8) is 0 Å². The van der Waals surface area contributed by atoms with Gasteiger partial charge in [-0.05, 0) is 19.8 Å². The van der Waals surface area contributed by atoms with Gasteiger partial charge < -0.3 is 0 Å². The van der Waals surface area contributed by atoms with Gasteiger partial charge in [0.2, 0.25) is 0 Å². The van der Waals surface area contributed by atoms with E-state index in [1.165, 1.54) is 6.08 Å². The summed E-state index contributed by atoms with van der Waals surface area (Å²) in [7, 11) is 0. The predicted molar refractivity (Wildman–Crippen MR) is 34.3 cm³/mol. The van der Waals surface area contributed by atoms with Crippen molar-refractivity contribution in [3.8, 4) is 0 Å². The molecule has 0 aliphatic heterocycles. The summed E-state index contributed by atoms with van der Waals surface area (Å²) in [5.41, 5.74) is 1.11. The number of allylic oxidation sites excluding steroid dienone is 2. The van der Waals surface area contributed by atoms with Crippen LogP contribution >= 0.6 is 0 Å². The molecular weight excluding hydrogens is 100 g/mol. The van der Waals surface area contributed by atoms with Gasteiger partial charge in [-0.3, -0.25) is 0 Å². The van der Waals surface area contributed by atoms with Crippen molar-refractivity contribution in [3.05, 3.63) is 18.2 Å². The van der Waals surface area contributed by atoms with Gasteiger partial charge in [0.15, 0.2) is 0 Å². The normalized spacial score (nSPS) is 7.62. The van der Waals surface area contributed by atoms with Gasteiger partial charge in [0.25, 0.3) is 0 Å². The summed E-state index contributed by atoms with van der Waals surface area (Å²) in [6.07, 6.45) is 3.16. The first-order valence-corrected chi connectivity index (χ1v) is 2.61. The number of rotatable bonds is 3. The number of carbonyl (C=O) groups excluding carboxylic acids is 1. The molecule has 0 amide bonds. The largest absolute Gasteiger partial charge is 0.234 e. The SMILES string of the molecule is C=C(C)CCC=C=O. The average Bonchev–Trinajstić information content (AvgIpc) is 1.66. The van der Waals surface area contributed by atoms with Gasteiger partial charge in [-0.2, -0.15) is 0 Å². The van der Waals surface area contributed by atoms with Crippen LogP contribution in [0.25, 0.3) is 0 Å².